The van der Waals surface area contributed by atoms with Crippen molar-refractivity contribution in [2.24, 2.45) is 0 Å². The number of amides is 1. The molecule has 1 fully saturated rings. The van der Waals surface area contributed by atoms with Gasteiger partial charge in [-0.05, 0) is 69.4 Å². The number of fused-ring (bicyclic) bond motifs is 1. The molecule has 4 rings (SSSR count). The summed E-state index contributed by atoms with van der Waals surface area (Å²) in [7, 11) is 0. The summed E-state index contributed by atoms with van der Waals surface area (Å²) in [4.78, 5) is 30.0. The van der Waals surface area contributed by atoms with Crippen molar-refractivity contribution in [1.29, 1.82) is 0 Å². The highest BCUT2D eigenvalue weighted by Crippen LogP contribution is 2.41. The van der Waals surface area contributed by atoms with Crippen molar-refractivity contribution in [3.8, 4) is 0 Å². The minimum atomic E-state index is -0.530. The topological polar surface area (TPSA) is 91.9 Å². The van der Waals surface area contributed by atoms with E-state index in [1.807, 2.05) is 43.5 Å². The SMILES string of the molecule is CC(C)(C)OC(=O)NC1(c2ccc(Cn3c(=S)[nH]c(=O)c4[nH]ccc43)cc2)CCC1. The largest absolute Gasteiger partial charge is 0.444 e. The highest BCUT2D eigenvalue weighted by Gasteiger charge is 2.41. The zero-order valence-electron chi connectivity index (χ0n) is 17.4. The third kappa shape index (κ3) is 3.92. The second-order valence-corrected chi connectivity index (χ2v) is 9.23. The molecule has 0 spiro atoms. The van der Waals surface area contributed by atoms with Gasteiger partial charge >= 0.3 is 6.09 Å². The lowest BCUT2D eigenvalue weighted by Crippen LogP contribution is -2.52. The molecule has 0 atom stereocenters. The molecule has 3 N–H and O–H groups in total. The van der Waals surface area contributed by atoms with E-state index in [9.17, 15) is 9.59 Å². The number of carbonyl (C=O) groups excluding carboxylic acids is 1. The summed E-state index contributed by atoms with van der Waals surface area (Å²) in [6, 6.07) is 10.0. The molecule has 0 saturated heterocycles. The van der Waals surface area contributed by atoms with Crippen LogP contribution in [0, 0.1) is 4.77 Å². The van der Waals surface area contributed by atoms with E-state index in [1.165, 1.54) is 0 Å². The van der Waals surface area contributed by atoms with Crippen molar-refractivity contribution in [2.75, 3.05) is 0 Å². The number of hydrogen-bond acceptors (Lipinski definition) is 4. The van der Waals surface area contributed by atoms with Gasteiger partial charge in [-0.25, -0.2) is 4.79 Å². The fourth-order valence-corrected chi connectivity index (χ4v) is 4.14. The minimum Gasteiger partial charge on any atom is -0.444 e. The molecule has 0 aliphatic heterocycles. The van der Waals surface area contributed by atoms with E-state index >= 15 is 0 Å². The Balaban J connectivity index is 1.56. The van der Waals surface area contributed by atoms with Crippen LogP contribution in [-0.2, 0) is 16.8 Å². The van der Waals surface area contributed by atoms with Gasteiger partial charge in [-0.1, -0.05) is 24.3 Å². The first-order chi connectivity index (χ1) is 14.2. The predicted octanol–water partition coefficient (Wildman–Crippen LogP) is 4.34. The van der Waals surface area contributed by atoms with Crippen molar-refractivity contribution in [3.63, 3.8) is 0 Å². The maximum Gasteiger partial charge on any atom is 0.408 e. The number of aromatic amines is 2. The van der Waals surface area contributed by atoms with Crippen LogP contribution in [0.1, 0.15) is 51.2 Å². The number of carbonyl (C=O) groups is 1. The molecule has 0 radical (unpaired) electrons. The van der Waals surface area contributed by atoms with Crippen molar-refractivity contribution in [3.05, 3.63) is 62.8 Å². The van der Waals surface area contributed by atoms with Crippen LogP contribution < -0.4 is 10.9 Å². The summed E-state index contributed by atoms with van der Waals surface area (Å²) in [5.74, 6) is 0. The van der Waals surface area contributed by atoms with Crippen LogP contribution in [0.15, 0.2) is 41.3 Å². The molecule has 158 valence electrons. The molecule has 7 nitrogen and oxygen atoms in total. The number of benzene rings is 1. The van der Waals surface area contributed by atoms with E-state index < -0.39 is 5.60 Å². The van der Waals surface area contributed by atoms with E-state index in [4.69, 9.17) is 17.0 Å². The first-order valence-corrected chi connectivity index (χ1v) is 10.5. The van der Waals surface area contributed by atoms with Crippen molar-refractivity contribution < 1.29 is 9.53 Å². The molecule has 2 heterocycles. The van der Waals surface area contributed by atoms with Gasteiger partial charge < -0.3 is 19.6 Å². The second kappa shape index (κ2) is 7.43. The fourth-order valence-electron chi connectivity index (χ4n) is 3.89. The molecule has 0 unspecified atom stereocenters. The number of aromatic nitrogens is 3. The van der Waals surface area contributed by atoms with E-state index in [0.717, 1.165) is 35.9 Å². The van der Waals surface area contributed by atoms with E-state index in [0.29, 0.717) is 16.8 Å². The molecular formula is C22H26N4O3S. The number of H-pyrrole nitrogens is 2. The number of ether oxygens (including phenoxy) is 1. The maximum absolute atomic E-state index is 12.3. The van der Waals surface area contributed by atoms with Gasteiger partial charge in [-0.15, -0.1) is 0 Å². The van der Waals surface area contributed by atoms with Crippen LogP contribution in [-0.4, -0.2) is 26.2 Å². The van der Waals surface area contributed by atoms with Gasteiger partial charge in [-0.2, -0.15) is 0 Å². The Hall–Kier alpha value is -2.87. The number of rotatable bonds is 4. The van der Waals surface area contributed by atoms with Crippen LogP contribution >= 0.6 is 12.2 Å². The number of alkyl carbamates (subject to hydrolysis) is 1. The highest BCUT2D eigenvalue weighted by molar-refractivity contribution is 7.71. The molecule has 1 aliphatic rings. The third-order valence-corrected chi connectivity index (χ3v) is 5.83. The number of hydrogen-bond donors (Lipinski definition) is 3. The molecule has 1 aromatic carbocycles. The lowest BCUT2D eigenvalue weighted by Gasteiger charge is -2.43. The standard InChI is InChI=1S/C22H26N4O3S/c1-21(2,3)29-20(28)25-22(10-4-11-22)15-7-5-14(6-8-15)13-26-16-9-12-23-17(16)18(27)24-19(26)30/h5-9,12,23H,4,10-11,13H2,1-3H3,(H,25,28)(H,24,27,30). The molecule has 1 amide bonds. The van der Waals surface area contributed by atoms with Gasteiger partial charge in [0.05, 0.1) is 17.6 Å². The van der Waals surface area contributed by atoms with Crippen molar-refractivity contribution in [2.45, 2.75) is 57.7 Å². The van der Waals surface area contributed by atoms with Crippen LogP contribution in [0.5, 0.6) is 0 Å². The average Bonchev–Trinajstić information content (AvgIpc) is 3.11. The Morgan fingerprint density at radius 3 is 2.53 bits per heavy atom. The zero-order chi connectivity index (χ0) is 21.5. The summed E-state index contributed by atoms with van der Waals surface area (Å²) in [6.07, 6.45) is 4.19. The normalized spacial score (nSPS) is 15.6. The van der Waals surface area contributed by atoms with E-state index in [-0.39, 0.29) is 17.2 Å². The molecule has 1 aliphatic carbocycles. The van der Waals surface area contributed by atoms with Crippen molar-refractivity contribution >= 4 is 29.3 Å². The fraction of sp³-hybridized carbons (Fsp3) is 0.409. The van der Waals surface area contributed by atoms with Crippen LogP contribution in [0.3, 0.4) is 0 Å². The summed E-state index contributed by atoms with van der Waals surface area (Å²) in [5, 5.41) is 3.08. The Morgan fingerprint density at radius 1 is 1.23 bits per heavy atom. The Morgan fingerprint density at radius 2 is 1.93 bits per heavy atom. The average molecular weight is 427 g/mol. The van der Waals surface area contributed by atoms with Crippen molar-refractivity contribution in [1.82, 2.24) is 19.9 Å². The van der Waals surface area contributed by atoms with Gasteiger partial charge in [0.25, 0.3) is 5.56 Å². The van der Waals surface area contributed by atoms with Crippen LogP contribution in [0.4, 0.5) is 4.79 Å². The highest BCUT2D eigenvalue weighted by atomic mass is 32.1. The zero-order valence-corrected chi connectivity index (χ0v) is 18.2. The van der Waals surface area contributed by atoms with Gasteiger partial charge in [-0.3, -0.25) is 9.78 Å². The molecule has 1 saturated carbocycles. The lowest BCUT2D eigenvalue weighted by atomic mass is 9.72. The molecular weight excluding hydrogens is 400 g/mol. The Kier molecular flexibility index (Phi) is 5.05. The summed E-state index contributed by atoms with van der Waals surface area (Å²) >= 11 is 5.37. The van der Waals surface area contributed by atoms with E-state index in [2.05, 4.69) is 27.4 Å². The second-order valence-electron chi connectivity index (χ2n) is 8.84. The van der Waals surface area contributed by atoms with Gasteiger partial charge in [0.15, 0.2) is 4.77 Å². The molecule has 3 aromatic rings. The number of nitrogens with one attached hydrogen (secondary N) is 3. The monoisotopic (exact) mass is 426 g/mol. The first-order valence-electron chi connectivity index (χ1n) is 10.1. The smallest absolute Gasteiger partial charge is 0.408 e. The van der Waals surface area contributed by atoms with Gasteiger partial charge in [0.1, 0.15) is 11.1 Å². The predicted molar refractivity (Wildman–Crippen MR) is 118 cm³/mol. The number of nitrogens with zero attached hydrogens (tertiary/aromatic N) is 1. The maximum atomic E-state index is 12.3. The van der Waals surface area contributed by atoms with E-state index in [1.54, 1.807) is 6.20 Å². The third-order valence-electron chi connectivity index (χ3n) is 5.50. The quantitative estimate of drug-likeness (QED) is 0.541. The molecule has 0 bridgehead atoms. The minimum absolute atomic E-state index is 0.216. The summed E-state index contributed by atoms with van der Waals surface area (Å²) < 4.78 is 7.74. The van der Waals surface area contributed by atoms with Crippen LogP contribution in [0.2, 0.25) is 0 Å². The van der Waals surface area contributed by atoms with Gasteiger partial charge in [0.2, 0.25) is 0 Å². The molecule has 30 heavy (non-hydrogen) atoms. The Labute approximate surface area is 179 Å². The Bertz CT molecular complexity index is 1190. The summed E-state index contributed by atoms with van der Waals surface area (Å²) in [5.41, 5.74) is 2.29. The molecule has 8 heteroatoms. The first kappa shape index (κ1) is 20.4. The summed E-state index contributed by atoms with van der Waals surface area (Å²) in [6.45, 7) is 6.12. The van der Waals surface area contributed by atoms with Gasteiger partial charge in [0, 0.05) is 6.20 Å². The lowest BCUT2D eigenvalue weighted by molar-refractivity contribution is 0.0377. The molecule has 2 aromatic heterocycles. The van der Waals surface area contributed by atoms with Crippen LogP contribution in [0.25, 0.3) is 11.0 Å².